The van der Waals surface area contributed by atoms with Crippen molar-refractivity contribution in [2.45, 2.75) is 57.5 Å². The number of rotatable bonds is 5. The molecule has 1 saturated heterocycles. The topological polar surface area (TPSA) is 82.7 Å². The van der Waals surface area contributed by atoms with Gasteiger partial charge in [0, 0.05) is 46.8 Å². The molecule has 7 nitrogen and oxygen atoms in total. The standard InChI is InChI=1S/C30H32N6O/c1-3-8-21(9-4-1)37-22-14-20(17-31-18-22)26-16-24-28(19-32-26)34-35-30(24)27-15-23-25(33-27)10-7-11-29(23)36-12-5-2-6-13-36/h7,10-11,14-19,21,33H,1-6,8-9,12-13H2,(H,34,35). The zero-order chi connectivity index (χ0) is 24.6. The molecule has 5 heterocycles. The maximum Gasteiger partial charge on any atom is 0.138 e. The highest BCUT2D eigenvalue weighted by Crippen LogP contribution is 2.35. The largest absolute Gasteiger partial charge is 0.489 e. The molecule has 2 N–H and O–H groups in total. The number of aromatic nitrogens is 5. The molecule has 7 rings (SSSR count). The molecule has 5 aromatic rings. The van der Waals surface area contributed by atoms with Gasteiger partial charge in [-0.1, -0.05) is 12.5 Å². The Hall–Kier alpha value is -3.87. The van der Waals surface area contributed by atoms with Gasteiger partial charge in [-0.05, 0) is 75.3 Å². The highest BCUT2D eigenvalue weighted by atomic mass is 16.5. The fourth-order valence-electron chi connectivity index (χ4n) is 5.96. The molecule has 188 valence electrons. The first kappa shape index (κ1) is 22.3. The first-order valence-electron chi connectivity index (χ1n) is 13.6. The van der Waals surface area contributed by atoms with E-state index >= 15 is 0 Å². The first-order valence-corrected chi connectivity index (χ1v) is 13.6. The van der Waals surface area contributed by atoms with E-state index in [1.807, 2.05) is 18.6 Å². The van der Waals surface area contributed by atoms with Crippen molar-refractivity contribution in [1.82, 2.24) is 25.1 Å². The zero-order valence-corrected chi connectivity index (χ0v) is 21.0. The summed E-state index contributed by atoms with van der Waals surface area (Å²) in [4.78, 5) is 15.3. The number of benzene rings is 1. The third-order valence-corrected chi connectivity index (χ3v) is 7.90. The molecule has 0 atom stereocenters. The smallest absolute Gasteiger partial charge is 0.138 e. The molecular weight excluding hydrogens is 460 g/mol. The number of hydrogen-bond acceptors (Lipinski definition) is 5. The van der Waals surface area contributed by atoms with E-state index < -0.39 is 0 Å². The van der Waals surface area contributed by atoms with E-state index in [0.717, 1.165) is 70.7 Å². The van der Waals surface area contributed by atoms with Gasteiger partial charge in [0.05, 0.1) is 35.4 Å². The average Bonchev–Trinajstić information content (AvgIpc) is 3.58. The normalized spacial score (nSPS) is 17.0. The minimum atomic E-state index is 0.290. The number of H-pyrrole nitrogens is 2. The van der Waals surface area contributed by atoms with Crippen LogP contribution < -0.4 is 9.64 Å². The summed E-state index contributed by atoms with van der Waals surface area (Å²) in [5, 5.41) is 10.1. The minimum absolute atomic E-state index is 0.290. The van der Waals surface area contributed by atoms with Crippen LogP contribution in [-0.4, -0.2) is 44.3 Å². The van der Waals surface area contributed by atoms with Gasteiger partial charge >= 0.3 is 0 Å². The van der Waals surface area contributed by atoms with Crippen molar-refractivity contribution in [2.24, 2.45) is 0 Å². The molecule has 0 unspecified atom stereocenters. The summed E-state index contributed by atoms with van der Waals surface area (Å²) in [5.41, 5.74) is 7.09. The van der Waals surface area contributed by atoms with Gasteiger partial charge in [-0.15, -0.1) is 0 Å². The fourth-order valence-corrected chi connectivity index (χ4v) is 5.96. The van der Waals surface area contributed by atoms with Crippen molar-refractivity contribution >= 4 is 27.5 Å². The maximum absolute atomic E-state index is 6.26. The summed E-state index contributed by atoms with van der Waals surface area (Å²) in [5.74, 6) is 0.819. The van der Waals surface area contributed by atoms with Crippen LogP contribution in [0, 0.1) is 0 Å². The molecule has 1 saturated carbocycles. The van der Waals surface area contributed by atoms with E-state index in [1.54, 1.807) is 0 Å². The molecule has 2 fully saturated rings. The SMILES string of the molecule is c1cc(N2CCCCC2)c2cc(-c3n[nH]c4cnc(-c5cncc(OC6CCCCC6)c5)cc34)[nH]c2c1. The second-order valence-electron chi connectivity index (χ2n) is 10.4. The number of ether oxygens (including phenoxy) is 1. The van der Waals surface area contributed by atoms with Crippen LogP contribution in [0.15, 0.2) is 55.0 Å². The molecule has 0 bridgehead atoms. The molecular formula is C30H32N6O. The lowest BCUT2D eigenvalue weighted by molar-refractivity contribution is 0.154. The number of pyridine rings is 2. The van der Waals surface area contributed by atoms with E-state index in [1.165, 1.54) is 49.6 Å². The van der Waals surface area contributed by atoms with Crippen LogP contribution in [-0.2, 0) is 0 Å². The Morgan fingerprint density at radius 1 is 0.838 bits per heavy atom. The number of piperidine rings is 1. The van der Waals surface area contributed by atoms with Crippen molar-refractivity contribution in [1.29, 1.82) is 0 Å². The molecule has 37 heavy (non-hydrogen) atoms. The van der Waals surface area contributed by atoms with Crippen LogP contribution >= 0.6 is 0 Å². The number of anilines is 1. The summed E-state index contributed by atoms with van der Waals surface area (Å²) < 4.78 is 6.26. The lowest BCUT2D eigenvalue weighted by Crippen LogP contribution is -2.29. The Balaban J connectivity index is 1.23. The second kappa shape index (κ2) is 9.54. The van der Waals surface area contributed by atoms with E-state index in [4.69, 9.17) is 9.72 Å². The Labute approximate surface area is 216 Å². The van der Waals surface area contributed by atoms with Crippen LogP contribution in [0.2, 0.25) is 0 Å². The van der Waals surface area contributed by atoms with Crippen molar-refractivity contribution < 1.29 is 4.74 Å². The van der Waals surface area contributed by atoms with Crippen molar-refractivity contribution in [3.8, 4) is 28.4 Å². The molecule has 7 heteroatoms. The number of nitrogens with zero attached hydrogens (tertiary/aromatic N) is 4. The third-order valence-electron chi connectivity index (χ3n) is 7.90. The third kappa shape index (κ3) is 4.32. The van der Waals surface area contributed by atoms with Crippen molar-refractivity contribution in [3.05, 3.63) is 55.0 Å². The summed E-state index contributed by atoms with van der Waals surface area (Å²) in [7, 11) is 0. The predicted molar refractivity (Wildman–Crippen MR) is 148 cm³/mol. The van der Waals surface area contributed by atoms with Gasteiger partial charge in [-0.2, -0.15) is 5.10 Å². The summed E-state index contributed by atoms with van der Waals surface area (Å²) in [6.07, 6.45) is 15.7. The van der Waals surface area contributed by atoms with E-state index in [-0.39, 0.29) is 0 Å². The summed E-state index contributed by atoms with van der Waals surface area (Å²) in [6.45, 7) is 2.25. The first-order chi connectivity index (χ1) is 18.3. The monoisotopic (exact) mass is 492 g/mol. The van der Waals surface area contributed by atoms with Gasteiger partial charge in [0.2, 0.25) is 0 Å². The molecule has 2 aliphatic rings. The Bertz CT molecular complexity index is 1540. The molecule has 0 amide bonds. The molecule has 0 radical (unpaired) electrons. The minimum Gasteiger partial charge on any atom is -0.489 e. The van der Waals surface area contributed by atoms with E-state index in [2.05, 4.69) is 61.5 Å². The predicted octanol–water partition coefficient (Wildman–Crippen LogP) is 6.87. The van der Waals surface area contributed by atoms with Crippen molar-refractivity contribution in [2.75, 3.05) is 18.0 Å². The van der Waals surface area contributed by atoms with Crippen molar-refractivity contribution in [3.63, 3.8) is 0 Å². The maximum atomic E-state index is 6.26. The molecule has 0 spiro atoms. The highest BCUT2D eigenvalue weighted by Gasteiger charge is 2.19. The van der Waals surface area contributed by atoms with Crippen LogP contribution in [0.5, 0.6) is 5.75 Å². The lowest BCUT2D eigenvalue weighted by atomic mass is 9.98. The number of aromatic amines is 2. The quantitative estimate of drug-likeness (QED) is 0.280. The number of fused-ring (bicyclic) bond motifs is 2. The second-order valence-corrected chi connectivity index (χ2v) is 10.4. The molecule has 4 aromatic heterocycles. The summed E-state index contributed by atoms with van der Waals surface area (Å²) >= 11 is 0. The molecule has 1 aliphatic heterocycles. The van der Waals surface area contributed by atoms with Gasteiger partial charge < -0.3 is 14.6 Å². The van der Waals surface area contributed by atoms with Gasteiger partial charge in [0.25, 0.3) is 0 Å². The Morgan fingerprint density at radius 2 is 1.70 bits per heavy atom. The van der Waals surface area contributed by atoms with E-state index in [9.17, 15) is 0 Å². The highest BCUT2D eigenvalue weighted by molar-refractivity contribution is 6.00. The van der Waals surface area contributed by atoms with Crippen LogP contribution in [0.1, 0.15) is 51.4 Å². The van der Waals surface area contributed by atoms with Gasteiger partial charge in [0.1, 0.15) is 11.4 Å². The van der Waals surface area contributed by atoms with Gasteiger partial charge in [-0.3, -0.25) is 15.1 Å². The van der Waals surface area contributed by atoms with E-state index in [0.29, 0.717) is 6.10 Å². The Kier molecular flexibility index (Phi) is 5.76. The van der Waals surface area contributed by atoms with Crippen LogP contribution in [0.4, 0.5) is 5.69 Å². The number of nitrogens with one attached hydrogen (secondary N) is 2. The average molecular weight is 493 g/mol. The zero-order valence-electron chi connectivity index (χ0n) is 21.0. The number of hydrogen-bond donors (Lipinski definition) is 2. The molecule has 1 aliphatic carbocycles. The summed E-state index contributed by atoms with van der Waals surface area (Å²) in [6, 6.07) is 12.9. The molecule has 1 aromatic carbocycles. The fraction of sp³-hybridized carbons (Fsp3) is 0.367. The Morgan fingerprint density at radius 3 is 2.59 bits per heavy atom. The van der Waals surface area contributed by atoms with Gasteiger partial charge in [-0.25, -0.2) is 0 Å². The van der Waals surface area contributed by atoms with Gasteiger partial charge in [0.15, 0.2) is 0 Å². The lowest BCUT2D eigenvalue weighted by Gasteiger charge is -2.29. The van der Waals surface area contributed by atoms with Crippen LogP contribution in [0.3, 0.4) is 0 Å². The van der Waals surface area contributed by atoms with Crippen LogP contribution in [0.25, 0.3) is 44.5 Å².